The quantitative estimate of drug-likeness (QED) is 0.316. The topological polar surface area (TPSA) is 18.5 Å². The number of benzene rings is 4. The first kappa shape index (κ1) is 22.5. The molecule has 0 bridgehead atoms. The average molecular weight is 509 g/mol. The van der Waals surface area contributed by atoms with Crippen molar-refractivity contribution in [2.75, 3.05) is 11.5 Å². The molecule has 4 aromatic carbocycles. The van der Waals surface area contributed by atoms with Gasteiger partial charge in [0, 0.05) is 28.6 Å². The molecule has 0 aromatic heterocycles. The highest BCUT2D eigenvalue weighted by atomic mass is 32.2. The standard InChI is InChI=1S/C32H29O2PS/c1-22-10-8-11-23-18-25-20-36-21-26-19-24-12-9-17-29(31(24)34-32(25,26)33-30(22)23)35(27-13-4-2-5-14-27)28-15-6-3-7-16-28/h2-17,25-26H,18-21H2,1H3/t25-,26-,32+/m0/s1. The summed E-state index contributed by atoms with van der Waals surface area (Å²) in [6.45, 7) is 2.16. The summed E-state index contributed by atoms with van der Waals surface area (Å²) in [5, 5.41) is 3.98. The van der Waals surface area contributed by atoms with Crippen LogP contribution in [-0.4, -0.2) is 17.3 Å². The molecule has 1 spiro atoms. The fourth-order valence-corrected chi connectivity index (χ4v) is 9.98. The van der Waals surface area contributed by atoms with Crippen LogP contribution in [0.4, 0.5) is 0 Å². The summed E-state index contributed by atoms with van der Waals surface area (Å²) < 4.78 is 14.3. The Hall–Kier alpha value is -2.74. The summed E-state index contributed by atoms with van der Waals surface area (Å²) in [6, 6.07) is 35.2. The molecule has 4 aromatic rings. The van der Waals surface area contributed by atoms with Gasteiger partial charge in [-0.05, 0) is 55.0 Å². The molecule has 0 saturated carbocycles. The largest absolute Gasteiger partial charge is 0.451 e. The van der Waals surface area contributed by atoms with E-state index in [1.165, 1.54) is 32.6 Å². The van der Waals surface area contributed by atoms with Crippen LogP contribution in [0.1, 0.15) is 16.7 Å². The summed E-state index contributed by atoms with van der Waals surface area (Å²) >= 11 is 2.06. The van der Waals surface area contributed by atoms with Crippen LogP contribution in [-0.2, 0) is 12.8 Å². The Morgan fingerprint density at radius 1 is 0.667 bits per heavy atom. The Morgan fingerprint density at radius 3 is 1.86 bits per heavy atom. The molecule has 3 heterocycles. The minimum absolute atomic E-state index is 0.344. The monoisotopic (exact) mass is 508 g/mol. The molecule has 36 heavy (non-hydrogen) atoms. The van der Waals surface area contributed by atoms with Gasteiger partial charge >= 0.3 is 0 Å². The molecule has 3 atom stereocenters. The first-order valence-corrected chi connectivity index (χ1v) is 15.3. The minimum Gasteiger partial charge on any atom is -0.451 e. The third-order valence-corrected chi connectivity index (χ3v) is 11.6. The van der Waals surface area contributed by atoms with E-state index < -0.39 is 13.7 Å². The molecule has 0 aliphatic carbocycles. The average Bonchev–Trinajstić information content (AvgIpc) is 2.92. The summed E-state index contributed by atoms with van der Waals surface area (Å²) in [4.78, 5) is 0. The Labute approximate surface area is 218 Å². The lowest BCUT2D eigenvalue weighted by atomic mass is 9.77. The van der Waals surface area contributed by atoms with Gasteiger partial charge in [0.15, 0.2) is 0 Å². The highest BCUT2D eigenvalue weighted by Crippen LogP contribution is 2.53. The van der Waals surface area contributed by atoms with Crippen molar-refractivity contribution >= 4 is 35.6 Å². The predicted molar refractivity (Wildman–Crippen MR) is 152 cm³/mol. The summed E-state index contributed by atoms with van der Waals surface area (Å²) in [7, 11) is -0.758. The molecule has 0 N–H and O–H groups in total. The Kier molecular flexibility index (Phi) is 5.60. The van der Waals surface area contributed by atoms with Crippen LogP contribution in [0.5, 0.6) is 11.5 Å². The Morgan fingerprint density at radius 2 is 1.22 bits per heavy atom. The number of hydrogen-bond acceptors (Lipinski definition) is 3. The van der Waals surface area contributed by atoms with E-state index in [2.05, 4.69) is 116 Å². The third-order valence-electron chi connectivity index (χ3n) is 7.87. The maximum absolute atomic E-state index is 7.28. The fourth-order valence-electron chi connectivity index (χ4n) is 6.15. The smallest absolute Gasteiger partial charge is 0.259 e. The molecule has 0 unspecified atom stereocenters. The Bertz CT molecular complexity index is 1370. The van der Waals surface area contributed by atoms with Gasteiger partial charge in [-0.3, -0.25) is 0 Å². The SMILES string of the molecule is Cc1cccc2c1O[C@]13Oc4c(cccc4P(c4ccccc4)c4ccccc4)C[C@H]1CSC[C@@H]3C2. The fraction of sp³-hybridized carbons (Fsp3) is 0.250. The zero-order valence-corrected chi connectivity index (χ0v) is 22.1. The summed E-state index contributed by atoms with van der Waals surface area (Å²) in [5.74, 6) is 4.34. The van der Waals surface area contributed by atoms with Crippen LogP contribution >= 0.6 is 19.7 Å². The molecule has 3 aliphatic rings. The van der Waals surface area contributed by atoms with Gasteiger partial charge in [-0.1, -0.05) is 97.1 Å². The maximum Gasteiger partial charge on any atom is 0.259 e. The molecule has 0 radical (unpaired) electrons. The second kappa shape index (κ2) is 8.98. The normalized spacial score (nSPS) is 23.9. The van der Waals surface area contributed by atoms with Gasteiger partial charge in [-0.15, -0.1) is 0 Å². The molecular formula is C32H29O2PS. The zero-order valence-electron chi connectivity index (χ0n) is 20.4. The van der Waals surface area contributed by atoms with Crippen molar-refractivity contribution in [3.05, 3.63) is 114 Å². The first-order valence-electron chi connectivity index (χ1n) is 12.8. The van der Waals surface area contributed by atoms with E-state index in [0.29, 0.717) is 11.8 Å². The highest BCUT2D eigenvalue weighted by molar-refractivity contribution is 7.99. The molecular weight excluding hydrogens is 479 g/mol. The molecule has 0 amide bonds. The van der Waals surface area contributed by atoms with Crippen molar-refractivity contribution in [3.63, 3.8) is 0 Å². The zero-order chi connectivity index (χ0) is 24.1. The molecule has 1 fully saturated rings. The van der Waals surface area contributed by atoms with Gasteiger partial charge in [0.05, 0.1) is 0 Å². The number of fused-ring (bicyclic) bond motifs is 2. The lowest BCUT2D eigenvalue weighted by molar-refractivity contribution is -0.202. The number of aryl methyl sites for hydroxylation is 1. The second-order valence-electron chi connectivity index (χ2n) is 10.1. The van der Waals surface area contributed by atoms with E-state index in [4.69, 9.17) is 9.47 Å². The molecule has 2 nitrogen and oxygen atoms in total. The van der Waals surface area contributed by atoms with Gasteiger partial charge < -0.3 is 9.47 Å². The number of hydrogen-bond donors (Lipinski definition) is 0. The van der Waals surface area contributed by atoms with E-state index in [9.17, 15) is 0 Å². The van der Waals surface area contributed by atoms with E-state index in [0.717, 1.165) is 35.8 Å². The summed E-state index contributed by atoms with van der Waals surface area (Å²) in [6.07, 6.45) is 2.02. The van der Waals surface area contributed by atoms with Gasteiger partial charge in [0.2, 0.25) is 0 Å². The van der Waals surface area contributed by atoms with Crippen LogP contribution in [0.2, 0.25) is 0 Å². The number of ether oxygens (including phenoxy) is 2. The van der Waals surface area contributed by atoms with Crippen molar-refractivity contribution in [1.82, 2.24) is 0 Å². The third kappa shape index (κ3) is 3.59. The van der Waals surface area contributed by atoms with Gasteiger partial charge in [0.1, 0.15) is 11.5 Å². The van der Waals surface area contributed by atoms with Crippen LogP contribution in [0.25, 0.3) is 0 Å². The van der Waals surface area contributed by atoms with Crippen LogP contribution in [0.15, 0.2) is 97.1 Å². The van der Waals surface area contributed by atoms with Crippen molar-refractivity contribution in [2.45, 2.75) is 25.6 Å². The first-order chi connectivity index (χ1) is 17.7. The van der Waals surface area contributed by atoms with Crippen LogP contribution in [0.3, 0.4) is 0 Å². The van der Waals surface area contributed by atoms with Gasteiger partial charge in [-0.2, -0.15) is 11.8 Å². The molecule has 180 valence electrons. The van der Waals surface area contributed by atoms with Gasteiger partial charge in [0.25, 0.3) is 5.79 Å². The van der Waals surface area contributed by atoms with E-state index in [-0.39, 0.29) is 0 Å². The van der Waals surface area contributed by atoms with Gasteiger partial charge in [-0.25, -0.2) is 0 Å². The molecule has 4 heteroatoms. The molecule has 3 aliphatic heterocycles. The number of rotatable bonds is 3. The Balaban J connectivity index is 1.39. The molecule has 1 saturated heterocycles. The van der Waals surface area contributed by atoms with E-state index in [1.54, 1.807) is 0 Å². The van der Waals surface area contributed by atoms with Crippen LogP contribution in [0, 0.1) is 18.8 Å². The van der Waals surface area contributed by atoms with Crippen molar-refractivity contribution < 1.29 is 9.47 Å². The number of thioether (sulfide) groups is 1. The highest BCUT2D eigenvalue weighted by Gasteiger charge is 2.57. The van der Waals surface area contributed by atoms with E-state index >= 15 is 0 Å². The predicted octanol–water partition coefficient (Wildman–Crippen LogP) is 6.00. The second-order valence-corrected chi connectivity index (χ2v) is 13.4. The van der Waals surface area contributed by atoms with Crippen molar-refractivity contribution in [2.24, 2.45) is 11.8 Å². The van der Waals surface area contributed by atoms with Crippen LogP contribution < -0.4 is 25.4 Å². The maximum atomic E-state index is 7.28. The van der Waals surface area contributed by atoms with Crippen molar-refractivity contribution in [1.29, 1.82) is 0 Å². The molecule has 7 rings (SSSR count). The van der Waals surface area contributed by atoms with Crippen molar-refractivity contribution in [3.8, 4) is 11.5 Å². The summed E-state index contributed by atoms with van der Waals surface area (Å²) in [5.41, 5.74) is 3.85. The lowest BCUT2D eigenvalue weighted by Crippen LogP contribution is -2.63. The number of para-hydroxylation sites is 2. The minimum atomic E-state index is -0.758. The lowest BCUT2D eigenvalue weighted by Gasteiger charge is -2.53. The van der Waals surface area contributed by atoms with E-state index in [1.807, 2.05) is 0 Å².